The number of ether oxygens (including phenoxy) is 2. The summed E-state index contributed by atoms with van der Waals surface area (Å²) >= 11 is 0. The summed E-state index contributed by atoms with van der Waals surface area (Å²) in [6.07, 6.45) is 1.57. The summed E-state index contributed by atoms with van der Waals surface area (Å²) in [6.45, 7) is 0. The standard InChI is InChI=1S/C18H16O5S/c1-22-14-8-12(9-15(10-14)23-2)7-13-11-24(20,21)17-6-4-3-5-16(17)18(13)19/h3-10H,11H2,1-2H3. The Bertz CT molecular complexity index is 919. The first-order chi connectivity index (χ1) is 11.4. The number of rotatable bonds is 3. The summed E-state index contributed by atoms with van der Waals surface area (Å²) in [4.78, 5) is 12.7. The van der Waals surface area contributed by atoms with Crippen LogP contribution >= 0.6 is 0 Å². The molecule has 24 heavy (non-hydrogen) atoms. The van der Waals surface area contributed by atoms with Gasteiger partial charge in [0.25, 0.3) is 0 Å². The quantitative estimate of drug-likeness (QED) is 0.801. The number of fused-ring (bicyclic) bond motifs is 1. The molecule has 0 aromatic heterocycles. The molecule has 1 aliphatic heterocycles. The Morgan fingerprint density at radius 1 is 1.00 bits per heavy atom. The van der Waals surface area contributed by atoms with Crippen LogP contribution in [0.4, 0.5) is 0 Å². The highest BCUT2D eigenvalue weighted by molar-refractivity contribution is 7.91. The van der Waals surface area contributed by atoms with Crippen LogP contribution in [0.2, 0.25) is 0 Å². The van der Waals surface area contributed by atoms with Gasteiger partial charge in [0.1, 0.15) is 11.5 Å². The lowest BCUT2D eigenvalue weighted by Gasteiger charge is -2.18. The fourth-order valence-corrected chi connectivity index (χ4v) is 4.23. The van der Waals surface area contributed by atoms with Gasteiger partial charge in [-0.15, -0.1) is 0 Å². The molecule has 1 heterocycles. The lowest BCUT2D eigenvalue weighted by atomic mass is 10.0. The van der Waals surface area contributed by atoms with Gasteiger partial charge in [0.15, 0.2) is 15.6 Å². The minimum atomic E-state index is -3.53. The Labute approximate surface area is 140 Å². The van der Waals surface area contributed by atoms with Gasteiger partial charge in [0.2, 0.25) is 0 Å². The molecule has 2 aromatic rings. The number of sulfone groups is 1. The molecule has 3 rings (SSSR count). The van der Waals surface area contributed by atoms with Crippen molar-refractivity contribution >= 4 is 21.7 Å². The summed E-state index contributed by atoms with van der Waals surface area (Å²) in [5.74, 6) is 0.533. The van der Waals surface area contributed by atoms with E-state index in [1.165, 1.54) is 26.4 Å². The molecular formula is C18H16O5S. The minimum absolute atomic E-state index is 0.0929. The Kier molecular flexibility index (Phi) is 4.15. The van der Waals surface area contributed by atoms with Gasteiger partial charge in [0.05, 0.1) is 24.9 Å². The third kappa shape index (κ3) is 2.92. The van der Waals surface area contributed by atoms with Crippen LogP contribution in [0.15, 0.2) is 52.9 Å². The first kappa shape index (κ1) is 16.3. The van der Waals surface area contributed by atoms with Crippen LogP contribution in [-0.2, 0) is 9.84 Å². The number of hydrogen-bond acceptors (Lipinski definition) is 5. The molecule has 5 nitrogen and oxygen atoms in total. The Hall–Kier alpha value is -2.60. The zero-order valence-corrected chi connectivity index (χ0v) is 14.1. The maximum absolute atomic E-state index is 12.6. The predicted molar refractivity (Wildman–Crippen MR) is 90.3 cm³/mol. The fraction of sp³-hybridized carbons (Fsp3) is 0.167. The molecule has 0 spiro atoms. The number of carbonyl (C=O) groups is 1. The van der Waals surface area contributed by atoms with E-state index >= 15 is 0 Å². The monoisotopic (exact) mass is 344 g/mol. The number of benzene rings is 2. The SMILES string of the molecule is COc1cc(C=C2CS(=O)(=O)c3ccccc3C2=O)cc(OC)c1. The average molecular weight is 344 g/mol. The maximum atomic E-state index is 12.6. The average Bonchev–Trinajstić information content (AvgIpc) is 2.59. The predicted octanol–water partition coefficient (Wildman–Crippen LogP) is 2.76. The largest absolute Gasteiger partial charge is 0.497 e. The van der Waals surface area contributed by atoms with Crippen molar-refractivity contribution in [2.45, 2.75) is 4.90 Å². The maximum Gasteiger partial charge on any atom is 0.191 e. The number of hydrogen-bond donors (Lipinski definition) is 0. The highest BCUT2D eigenvalue weighted by Crippen LogP contribution is 2.30. The third-order valence-corrected chi connectivity index (χ3v) is 5.54. The summed E-state index contributed by atoms with van der Waals surface area (Å²) in [6, 6.07) is 11.4. The smallest absolute Gasteiger partial charge is 0.191 e. The normalized spacial score (nSPS) is 17.4. The topological polar surface area (TPSA) is 69.7 Å². The molecule has 0 fully saturated rings. The Morgan fingerprint density at radius 2 is 1.62 bits per heavy atom. The van der Waals surface area contributed by atoms with Gasteiger partial charge >= 0.3 is 0 Å². The molecule has 6 heteroatoms. The lowest BCUT2D eigenvalue weighted by molar-refractivity contribution is 0.103. The number of ketones is 1. The van der Waals surface area contributed by atoms with E-state index in [1.54, 1.807) is 36.4 Å². The summed E-state index contributed by atoms with van der Waals surface area (Å²) < 4.78 is 35.2. The van der Waals surface area contributed by atoms with Crippen LogP contribution in [0.5, 0.6) is 11.5 Å². The van der Waals surface area contributed by atoms with Crippen molar-refractivity contribution in [1.82, 2.24) is 0 Å². The van der Waals surface area contributed by atoms with Crippen LogP contribution in [0.1, 0.15) is 15.9 Å². The highest BCUT2D eigenvalue weighted by Gasteiger charge is 2.32. The van der Waals surface area contributed by atoms with Crippen molar-refractivity contribution in [3.63, 3.8) is 0 Å². The highest BCUT2D eigenvalue weighted by atomic mass is 32.2. The molecule has 0 N–H and O–H groups in total. The zero-order chi connectivity index (χ0) is 17.3. The van der Waals surface area contributed by atoms with Crippen LogP contribution < -0.4 is 9.47 Å². The molecule has 0 unspecified atom stereocenters. The van der Waals surface area contributed by atoms with Crippen LogP contribution in [0.3, 0.4) is 0 Å². The number of Topliss-reactive ketones (excluding diaryl/α,β-unsaturated/α-hetero) is 1. The van der Waals surface area contributed by atoms with Gasteiger partial charge in [0, 0.05) is 17.2 Å². The number of methoxy groups -OCH3 is 2. The molecule has 1 aliphatic rings. The third-order valence-electron chi connectivity index (χ3n) is 3.82. The number of carbonyl (C=O) groups excluding carboxylic acids is 1. The summed E-state index contributed by atoms with van der Waals surface area (Å²) in [5, 5.41) is 0. The van der Waals surface area contributed by atoms with Crippen molar-refractivity contribution < 1.29 is 22.7 Å². The molecule has 0 radical (unpaired) electrons. The molecule has 0 saturated heterocycles. The first-order valence-electron chi connectivity index (χ1n) is 7.25. The minimum Gasteiger partial charge on any atom is -0.497 e. The van der Waals surface area contributed by atoms with Gasteiger partial charge in [-0.2, -0.15) is 0 Å². The molecule has 0 amide bonds. The van der Waals surface area contributed by atoms with E-state index in [-0.39, 0.29) is 27.6 Å². The second-order valence-corrected chi connectivity index (χ2v) is 7.36. The van der Waals surface area contributed by atoms with E-state index in [1.807, 2.05) is 0 Å². The lowest BCUT2D eigenvalue weighted by Crippen LogP contribution is -2.24. The Balaban J connectivity index is 2.11. The van der Waals surface area contributed by atoms with E-state index in [2.05, 4.69) is 0 Å². The molecular weight excluding hydrogens is 328 g/mol. The van der Waals surface area contributed by atoms with Gasteiger partial charge < -0.3 is 9.47 Å². The van der Waals surface area contributed by atoms with Crippen molar-refractivity contribution in [3.05, 3.63) is 59.2 Å². The molecule has 0 atom stereocenters. The summed E-state index contributed by atoms with van der Waals surface area (Å²) in [5.41, 5.74) is 1.08. The van der Waals surface area contributed by atoms with E-state index in [9.17, 15) is 13.2 Å². The Morgan fingerprint density at radius 3 is 2.25 bits per heavy atom. The van der Waals surface area contributed by atoms with Crippen molar-refractivity contribution in [3.8, 4) is 11.5 Å². The van der Waals surface area contributed by atoms with Crippen LogP contribution in [-0.4, -0.2) is 34.2 Å². The second-order valence-electron chi connectivity index (χ2n) is 5.40. The fourth-order valence-electron chi connectivity index (χ4n) is 2.67. The summed E-state index contributed by atoms with van der Waals surface area (Å²) in [7, 11) is -0.475. The van der Waals surface area contributed by atoms with Crippen LogP contribution in [0.25, 0.3) is 6.08 Å². The molecule has 2 aromatic carbocycles. The molecule has 124 valence electrons. The molecule has 0 bridgehead atoms. The van der Waals surface area contributed by atoms with Gasteiger partial charge in [-0.05, 0) is 35.9 Å². The van der Waals surface area contributed by atoms with E-state index in [4.69, 9.17) is 9.47 Å². The second kappa shape index (κ2) is 6.13. The van der Waals surface area contributed by atoms with Crippen molar-refractivity contribution in [2.24, 2.45) is 0 Å². The van der Waals surface area contributed by atoms with E-state index in [0.29, 0.717) is 17.1 Å². The van der Waals surface area contributed by atoms with E-state index in [0.717, 1.165) is 0 Å². The van der Waals surface area contributed by atoms with Crippen molar-refractivity contribution in [2.75, 3.05) is 20.0 Å². The first-order valence-corrected chi connectivity index (χ1v) is 8.90. The van der Waals surface area contributed by atoms with Gasteiger partial charge in [-0.3, -0.25) is 4.79 Å². The van der Waals surface area contributed by atoms with Gasteiger partial charge in [-0.25, -0.2) is 8.42 Å². The van der Waals surface area contributed by atoms with Crippen molar-refractivity contribution in [1.29, 1.82) is 0 Å². The molecule has 0 saturated carbocycles. The molecule has 0 aliphatic carbocycles. The van der Waals surface area contributed by atoms with E-state index < -0.39 is 9.84 Å². The van der Waals surface area contributed by atoms with Gasteiger partial charge in [-0.1, -0.05) is 12.1 Å². The van der Waals surface area contributed by atoms with Crippen LogP contribution in [0, 0.1) is 0 Å². The zero-order valence-electron chi connectivity index (χ0n) is 13.3.